The van der Waals surface area contributed by atoms with Gasteiger partial charge in [-0.3, -0.25) is 9.59 Å². The number of benzene rings is 1. The van der Waals surface area contributed by atoms with Gasteiger partial charge in [0.15, 0.2) is 17.3 Å². The second-order valence-corrected chi connectivity index (χ2v) is 4.04. The molecule has 5 heteroatoms. The summed E-state index contributed by atoms with van der Waals surface area (Å²) in [5.41, 5.74) is 0.507. The molecule has 0 aliphatic carbocycles. The molecule has 0 saturated carbocycles. The molecule has 18 heavy (non-hydrogen) atoms. The summed E-state index contributed by atoms with van der Waals surface area (Å²) in [6.07, 6.45) is 0.823. The molecule has 2 rings (SSSR count). The van der Waals surface area contributed by atoms with Gasteiger partial charge >= 0.3 is 0 Å². The first kappa shape index (κ1) is 12.4. The van der Waals surface area contributed by atoms with Crippen LogP contribution >= 0.6 is 0 Å². The fraction of sp³-hybridized carbons (Fsp3) is 0.385. The van der Waals surface area contributed by atoms with Crippen molar-refractivity contribution in [3.05, 3.63) is 23.8 Å². The van der Waals surface area contributed by atoms with Crippen LogP contribution in [0.4, 0.5) is 0 Å². The zero-order valence-electron chi connectivity index (χ0n) is 10.2. The predicted octanol–water partition coefficient (Wildman–Crippen LogP) is 1.17. The van der Waals surface area contributed by atoms with Gasteiger partial charge in [-0.2, -0.15) is 0 Å². The monoisotopic (exact) mass is 249 g/mol. The van der Waals surface area contributed by atoms with Gasteiger partial charge in [0.1, 0.15) is 0 Å². The van der Waals surface area contributed by atoms with E-state index < -0.39 is 0 Å². The summed E-state index contributed by atoms with van der Waals surface area (Å²) in [5, 5.41) is 2.48. The summed E-state index contributed by atoms with van der Waals surface area (Å²) in [6, 6.07) is 5.06. The lowest BCUT2D eigenvalue weighted by atomic mass is 10.1. The minimum Gasteiger partial charge on any atom is -0.490 e. The molecule has 0 saturated heterocycles. The van der Waals surface area contributed by atoms with E-state index in [1.54, 1.807) is 18.2 Å². The Morgan fingerprint density at radius 2 is 1.94 bits per heavy atom. The van der Waals surface area contributed by atoms with Gasteiger partial charge in [0.25, 0.3) is 0 Å². The maximum atomic E-state index is 11.8. The van der Waals surface area contributed by atoms with Crippen molar-refractivity contribution in [3.63, 3.8) is 0 Å². The lowest BCUT2D eigenvalue weighted by molar-refractivity contribution is -0.118. The number of carbonyl (C=O) groups excluding carboxylic acids is 2. The van der Waals surface area contributed by atoms with Crippen LogP contribution in [-0.2, 0) is 4.79 Å². The molecule has 0 atom stereocenters. The van der Waals surface area contributed by atoms with Crippen molar-refractivity contribution < 1.29 is 19.1 Å². The van der Waals surface area contributed by atoms with Crippen LogP contribution in [0.1, 0.15) is 23.7 Å². The highest BCUT2D eigenvalue weighted by Gasteiger charge is 2.14. The zero-order chi connectivity index (χ0) is 13.0. The molecule has 1 aromatic rings. The molecule has 0 spiro atoms. The van der Waals surface area contributed by atoms with Crippen LogP contribution in [-0.4, -0.2) is 31.4 Å². The van der Waals surface area contributed by atoms with E-state index in [4.69, 9.17) is 9.47 Å². The van der Waals surface area contributed by atoms with E-state index in [-0.39, 0.29) is 18.2 Å². The normalized spacial score (nSPS) is 13.6. The zero-order valence-corrected chi connectivity index (χ0v) is 10.2. The van der Waals surface area contributed by atoms with Crippen LogP contribution in [0.5, 0.6) is 11.5 Å². The summed E-state index contributed by atoms with van der Waals surface area (Å²) in [4.78, 5) is 22.6. The van der Waals surface area contributed by atoms with Crippen LogP contribution in [0.15, 0.2) is 18.2 Å². The average Bonchev–Trinajstić information content (AvgIpc) is 2.60. The minimum atomic E-state index is -0.224. The number of amides is 1. The molecule has 0 fully saturated rings. The number of carbonyl (C=O) groups is 2. The topological polar surface area (TPSA) is 64.6 Å². The Morgan fingerprint density at radius 1 is 1.22 bits per heavy atom. The largest absolute Gasteiger partial charge is 0.490 e. The van der Waals surface area contributed by atoms with Crippen molar-refractivity contribution in [2.45, 2.75) is 13.3 Å². The molecule has 96 valence electrons. The first-order valence-corrected chi connectivity index (χ1v) is 5.84. The van der Waals surface area contributed by atoms with Gasteiger partial charge in [0.05, 0.1) is 19.8 Å². The number of Topliss-reactive ketones (excluding diaryl/α,β-unsaturated/α-hetero) is 1. The molecule has 5 nitrogen and oxygen atoms in total. The van der Waals surface area contributed by atoms with Crippen molar-refractivity contribution in [2.75, 3.05) is 19.8 Å². The van der Waals surface area contributed by atoms with E-state index >= 15 is 0 Å². The third-order valence-corrected chi connectivity index (χ3v) is 2.57. The third-order valence-electron chi connectivity index (χ3n) is 2.57. The second kappa shape index (κ2) is 5.53. The van der Waals surface area contributed by atoms with Gasteiger partial charge in [-0.05, 0) is 18.2 Å². The lowest BCUT2D eigenvalue weighted by Crippen LogP contribution is -2.27. The molecule has 1 aromatic carbocycles. The van der Waals surface area contributed by atoms with Gasteiger partial charge in [-0.1, -0.05) is 0 Å². The average molecular weight is 249 g/mol. The van der Waals surface area contributed by atoms with Crippen LogP contribution in [0, 0.1) is 0 Å². The van der Waals surface area contributed by atoms with E-state index in [9.17, 15) is 9.59 Å². The van der Waals surface area contributed by atoms with Crippen LogP contribution < -0.4 is 14.8 Å². The molecule has 1 N–H and O–H groups in total. The molecule has 1 aliphatic heterocycles. The van der Waals surface area contributed by atoms with E-state index in [0.717, 1.165) is 6.42 Å². The Balaban J connectivity index is 2.12. The van der Waals surface area contributed by atoms with Gasteiger partial charge < -0.3 is 14.8 Å². The van der Waals surface area contributed by atoms with Crippen LogP contribution in [0.25, 0.3) is 0 Å². The van der Waals surface area contributed by atoms with Crippen molar-refractivity contribution in [3.8, 4) is 11.5 Å². The Morgan fingerprint density at radius 3 is 2.67 bits per heavy atom. The van der Waals surface area contributed by atoms with Crippen molar-refractivity contribution >= 4 is 11.7 Å². The van der Waals surface area contributed by atoms with Gasteiger partial charge in [0, 0.05) is 18.9 Å². The van der Waals surface area contributed by atoms with E-state index in [2.05, 4.69) is 5.32 Å². The molecule has 0 unspecified atom stereocenters. The molecular weight excluding hydrogens is 234 g/mol. The second-order valence-electron chi connectivity index (χ2n) is 4.04. The highest BCUT2D eigenvalue weighted by Crippen LogP contribution is 2.30. The smallest absolute Gasteiger partial charge is 0.217 e. The fourth-order valence-electron chi connectivity index (χ4n) is 1.64. The van der Waals surface area contributed by atoms with E-state index in [1.807, 2.05) is 0 Å². The molecule has 0 radical (unpaired) electrons. The van der Waals surface area contributed by atoms with Crippen LogP contribution in [0.2, 0.25) is 0 Å². The third kappa shape index (κ3) is 3.00. The van der Waals surface area contributed by atoms with Gasteiger partial charge in [0.2, 0.25) is 5.91 Å². The van der Waals surface area contributed by atoms with E-state index in [1.165, 1.54) is 6.92 Å². The summed E-state index contributed by atoms with van der Waals surface area (Å²) in [5.74, 6) is 0.864. The predicted molar refractivity (Wildman–Crippen MR) is 65.1 cm³/mol. The number of nitrogens with one attached hydrogen (secondary N) is 1. The molecular formula is C13H15NO4. The number of ether oxygens (including phenoxy) is 2. The number of hydrogen-bond donors (Lipinski definition) is 1. The van der Waals surface area contributed by atoms with Crippen molar-refractivity contribution in [1.82, 2.24) is 5.32 Å². The number of rotatable bonds is 3. The highest BCUT2D eigenvalue weighted by molar-refractivity contribution is 5.99. The maximum absolute atomic E-state index is 11.8. The lowest BCUT2D eigenvalue weighted by Gasteiger charge is -2.09. The van der Waals surface area contributed by atoms with Crippen LogP contribution in [0.3, 0.4) is 0 Å². The summed E-state index contributed by atoms with van der Waals surface area (Å²) < 4.78 is 11.0. The van der Waals surface area contributed by atoms with Crippen molar-refractivity contribution in [1.29, 1.82) is 0 Å². The molecule has 1 aliphatic rings. The maximum Gasteiger partial charge on any atom is 0.217 e. The Hall–Kier alpha value is -2.04. The summed E-state index contributed by atoms with van der Waals surface area (Å²) >= 11 is 0. The number of ketones is 1. The Kier molecular flexibility index (Phi) is 3.82. The molecule has 0 bridgehead atoms. The first-order valence-electron chi connectivity index (χ1n) is 5.84. The number of hydrogen-bond acceptors (Lipinski definition) is 4. The Labute approximate surface area is 105 Å². The molecule has 1 heterocycles. The quantitative estimate of drug-likeness (QED) is 0.817. The fourth-order valence-corrected chi connectivity index (χ4v) is 1.64. The molecule has 1 amide bonds. The first-order chi connectivity index (χ1) is 8.66. The minimum absolute atomic E-state index is 0.00498. The molecule has 0 aromatic heterocycles. The summed E-state index contributed by atoms with van der Waals surface area (Å²) in [7, 11) is 0. The SMILES string of the molecule is CC(=O)NCC(=O)c1ccc2c(c1)OCCCO2. The Bertz CT molecular complexity index is 470. The highest BCUT2D eigenvalue weighted by atomic mass is 16.5. The van der Waals surface area contributed by atoms with Gasteiger partial charge in [-0.25, -0.2) is 0 Å². The number of fused-ring (bicyclic) bond motifs is 1. The standard InChI is InChI=1S/C13H15NO4/c1-9(15)14-8-11(16)10-3-4-12-13(7-10)18-6-2-5-17-12/h3-4,7H,2,5-6,8H2,1H3,(H,14,15). The van der Waals surface area contributed by atoms with E-state index in [0.29, 0.717) is 30.3 Å². The van der Waals surface area contributed by atoms with Gasteiger partial charge in [-0.15, -0.1) is 0 Å². The van der Waals surface area contributed by atoms with Crippen molar-refractivity contribution in [2.24, 2.45) is 0 Å². The summed E-state index contributed by atoms with van der Waals surface area (Å²) in [6.45, 7) is 2.57.